The van der Waals surface area contributed by atoms with Crippen molar-refractivity contribution in [3.05, 3.63) is 144 Å². The van der Waals surface area contributed by atoms with Gasteiger partial charge in [0.05, 0.1) is 13.2 Å². The van der Waals surface area contributed by atoms with Gasteiger partial charge in [-0.1, -0.05) is 121 Å². The van der Waals surface area contributed by atoms with Crippen LogP contribution in [0.4, 0.5) is 4.79 Å². The zero-order valence-corrected chi connectivity index (χ0v) is 25.7. The first-order valence-electron chi connectivity index (χ1n) is 14.1. The van der Waals surface area contributed by atoms with Gasteiger partial charge in [0.2, 0.25) is 0 Å². The highest BCUT2D eigenvalue weighted by atomic mass is 35.5. The van der Waals surface area contributed by atoms with Crippen LogP contribution in [0.3, 0.4) is 0 Å². The van der Waals surface area contributed by atoms with E-state index in [4.69, 9.17) is 9.47 Å². The molecular formula is C35H42Cl2N2O3. The maximum Gasteiger partial charge on any atom is 0.508 e. The van der Waals surface area contributed by atoms with Crippen LogP contribution in [0.1, 0.15) is 35.1 Å². The third-order valence-electron chi connectivity index (χ3n) is 6.67. The van der Waals surface area contributed by atoms with Crippen molar-refractivity contribution in [3.63, 3.8) is 0 Å². The molecule has 4 aromatic carbocycles. The van der Waals surface area contributed by atoms with Crippen molar-refractivity contribution in [3.8, 4) is 0 Å². The molecule has 0 bridgehead atoms. The zero-order valence-electron chi connectivity index (χ0n) is 24.1. The lowest BCUT2D eigenvalue weighted by atomic mass is 10.1. The Kier molecular flexibility index (Phi) is 17.0. The minimum atomic E-state index is -0.588. The Morgan fingerprint density at radius 1 is 0.452 bits per heavy atom. The highest BCUT2D eigenvalue weighted by molar-refractivity contribution is 5.85. The van der Waals surface area contributed by atoms with Crippen molar-refractivity contribution in [2.45, 2.75) is 39.0 Å². The molecule has 0 N–H and O–H groups in total. The molecule has 0 unspecified atom stereocenters. The number of hydrogen-bond acceptors (Lipinski definition) is 5. The molecule has 0 amide bonds. The molecule has 0 saturated heterocycles. The SMILES string of the molecule is Cl.Cl.O=C(OCCCN(Cc1ccccc1)Cc1ccccc1)OCCCN(Cc1ccccc1)Cc1ccccc1. The molecule has 224 valence electrons. The summed E-state index contributed by atoms with van der Waals surface area (Å²) in [4.78, 5) is 17.0. The fourth-order valence-electron chi connectivity index (χ4n) is 4.72. The summed E-state index contributed by atoms with van der Waals surface area (Å²) in [5.41, 5.74) is 5.08. The van der Waals surface area contributed by atoms with Gasteiger partial charge in [0.1, 0.15) is 0 Å². The lowest BCUT2D eigenvalue weighted by Crippen LogP contribution is -2.26. The van der Waals surface area contributed by atoms with Crippen LogP contribution < -0.4 is 0 Å². The maximum absolute atomic E-state index is 12.2. The Balaban J connectivity index is 0.00000308. The highest BCUT2D eigenvalue weighted by Crippen LogP contribution is 2.12. The molecule has 7 heteroatoms. The maximum atomic E-state index is 12.2. The molecule has 0 atom stereocenters. The average Bonchev–Trinajstić information content (AvgIpc) is 2.99. The molecule has 0 spiro atoms. The first kappa shape index (κ1) is 34.8. The van der Waals surface area contributed by atoms with Gasteiger partial charge in [0.15, 0.2) is 0 Å². The molecule has 0 aliphatic rings. The molecule has 0 heterocycles. The van der Waals surface area contributed by atoms with Crippen LogP contribution in [0.15, 0.2) is 121 Å². The topological polar surface area (TPSA) is 42.0 Å². The third-order valence-corrected chi connectivity index (χ3v) is 6.67. The zero-order chi connectivity index (χ0) is 27.7. The van der Waals surface area contributed by atoms with Crippen molar-refractivity contribution in [2.75, 3.05) is 26.3 Å². The Morgan fingerprint density at radius 2 is 0.714 bits per heavy atom. The molecule has 4 rings (SSSR count). The van der Waals surface area contributed by atoms with E-state index in [9.17, 15) is 4.79 Å². The van der Waals surface area contributed by atoms with Gasteiger partial charge >= 0.3 is 6.16 Å². The van der Waals surface area contributed by atoms with Crippen LogP contribution in [0.25, 0.3) is 0 Å². The Labute approximate surface area is 263 Å². The van der Waals surface area contributed by atoms with Gasteiger partial charge in [-0.2, -0.15) is 0 Å². The van der Waals surface area contributed by atoms with Gasteiger partial charge in [-0.15, -0.1) is 24.8 Å². The van der Waals surface area contributed by atoms with E-state index in [0.717, 1.165) is 52.1 Å². The predicted octanol–water partition coefficient (Wildman–Crippen LogP) is 8.17. The fraction of sp³-hybridized carbons (Fsp3) is 0.286. The second-order valence-corrected chi connectivity index (χ2v) is 10.0. The van der Waals surface area contributed by atoms with Gasteiger partial charge < -0.3 is 9.47 Å². The number of carbonyl (C=O) groups is 1. The lowest BCUT2D eigenvalue weighted by molar-refractivity contribution is 0.0488. The van der Waals surface area contributed by atoms with Crippen molar-refractivity contribution in [2.24, 2.45) is 0 Å². The molecule has 0 saturated carbocycles. The van der Waals surface area contributed by atoms with E-state index in [1.165, 1.54) is 22.3 Å². The molecular weight excluding hydrogens is 567 g/mol. The van der Waals surface area contributed by atoms with E-state index in [2.05, 4.69) is 107 Å². The van der Waals surface area contributed by atoms with Gasteiger partial charge in [0.25, 0.3) is 0 Å². The van der Waals surface area contributed by atoms with Gasteiger partial charge in [-0.3, -0.25) is 9.80 Å². The minimum Gasteiger partial charge on any atom is -0.434 e. The summed E-state index contributed by atoms with van der Waals surface area (Å²) < 4.78 is 10.8. The first-order chi connectivity index (χ1) is 19.7. The monoisotopic (exact) mass is 608 g/mol. The second-order valence-electron chi connectivity index (χ2n) is 10.0. The third kappa shape index (κ3) is 13.5. The molecule has 0 fully saturated rings. The highest BCUT2D eigenvalue weighted by Gasteiger charge is 2.11. The number of rotatable bonds is 16. The first-order valence-corrected chi connectivity index (χ1v) is 14.1. The van der Waals surface area contributed by atoms with Crippen LogP contribution in [-0.4, -0.2) is 42.3 Å². The summed E-state index contributed by atoms with van der Waals surface area (Å²) >= 11 is 0. The second kappa shape index (κ2) is 20.5. The van der Waals surface area contributed by atoms with Crippen LogP contribution in [0.2, 0.25) is 0 Å². The molecule has 4 aromatic rings. The normalized spacial score (nSPS) is 10.5. The van der Waals surface area contributed by atoms with Gasteiger partial charge in [-0.05, 0) is 35.1 Å². The predicted molar refractivity (Wildman–Crippen MR) is 175 cm³/mol. The van der Waals surface area contributed by atoms with Crippen molar-refractivity contribution >= 4 is 31.0 Å². The van der Waals surface area contributed by atoms with Crippen molar-refractivity contribution < 1.29 is 14.3 Å². The number of ether oxygens (including phenoxy) is 2. The number of carbonyl (C=O) groups excluding carboxylic acids is 1. The Morgan fingerprint density at radius 3 is 0.976 bits per heavy atom. The number of nitrogens with zero attached hydrogens (tertiary/aromatic N) is 2. The number of hydrogen-bond donors (Lipinski definition) is 0. The van der Waals surface area contributed by atoms with Gasteiger partial charge in [0, 0.05) is 39.3 Å². The van der Waals surface area contributed by atoms with E-state index in [1.54, 1.807) is 0 Å². The Bertz CT molecular complexity index is 1050. The number of halogens is 2. The summed E-state index contributed by atoms with van der Waals surface area (Å²) in [5.74, 6) is 0. The van der Waals surface area contributed by atoms with Crippen LogP contribution >= 0.6 is 24.8 Å². The summed E-state index contributed by atoms with van der Waals surface area (Å²) in [6.45, 7) is 5.73. The summed E-state index contributed by atoms with van der Waals surface area (Å²) in [6.07, 6.45) is 0.906. The summed E-state index contributed by atoms with van der Waals surface area (Å²) in [5, 5.41) is 0. The van der Waals surface area contributed by atoms with Crippen LogP contribution in [0.5, 0.6) is 0 Å². The molecule has 5 nitrogen and oxygen atoms in total. The molecule has 0 aliphatic carbocycles. The molecule has 0 radical (unpaired) electrons. The summed E-state index contributed by atoms with van der Waals surface area (Å²) in [7, 11) is 0. The largest absolute Gasteiger partial charge is 0.508 e. The van der Waals surface area contributed by atoms with Crippen LogP contribution in [0, 0.1) is 0 Å². The van der Waals surface area contributed by atoms with E-state index in [0.29, 0.717) is 13.2 Å². The molecule has 0 aromatic heterocycles. The Hall–Kier alpha value is -3.35. The van der Waals surface area contributed by atoms with Crippen LogP contribution in [-0.2, 0) is 35.7 Å². The quantitative estimate of drug-likeness (QED) is 0.0947. The van der Waals surface area contributed by atoms with Crippen molar-refractivity contribution in [1.29, 1.82) is 0 Å². The van der Waals surface area contributed by atoms with E-state index < -0.39 is 6.16 Å². The van der Waals surface area contributed by atoms with E-state index in [1.807, 2.05) is 24.3 Å². The summed E-state index contributed by atoms with van der Waals surface area (Å²) in [6, 6.07) is 41.8. The van der Waals surface area contributed by atoms with Gasteiger partial charge in [-0.25, -0.2) is 4.79 Å². The smallest absolute Gasteiger partial charge is 0.434 e. The van der Waals surface area contributed by atoms with Crippen molar-refractivity contribution in [1.82, 2.24) is 9.80 Å². The average molecular weight is 610 g/mol. The molecule has 42 heavy (non-hydrogen) atoms. The molecule has 0 aliphatic heterocycles. The fourth-order valence-corrected chi connectivity index (χ4v) is 4.72. The standard InChI is InChI=1S/C35H40N2O3.2ClH/c38-35(39-25-13-23-36(27-31-15-5-1-6-16-31)28-32-17-7-2-8-18-32)40-26-14-24-37(29-33-19-9-3-10-20-33)30-34-21-11-4-12-22-34;;/h1-12,15-22H,13-14,23-30H2;2*1H. The van der Waals surface area contributed by atoms with E-state index in [-0.39, 0.29) is 24.8 Å². The number of benzene rings is 4. The van der Waals surface area contributed by atoms with E-state index >= 15 is 0 Å². The minimum absolute atomic E-state index is 0. The lowest BCUT2D eigenvalue weighted by Gasteiger charge is -2.23.